The number of rotatable bonds is 3. The van der Waals surface area contributed by atoms with Crippen LogP contribution in [0.15, 0.2) is 36.5 Å². The first-order chi connectivity index (χ1) is 14.0. The standard InChI is InChI=1S/C21H24Cl2N4O2/c22-16-13-19(23)20(24-14-16)26-9-11-27(12-10-26)21(29)15-1-3-17(4-2-15)25-7-5-18(28)6-8-25/h1-4,13-14,18,28H,5-12H2. The number of piperazine rings is 1. The Bertz CT molecular complexity index is 861. The summed E-state index contributed by atoms with van der Waals surface area (Å²) in [6.45, 7) is 4.27. The highest BCUT2D eigenvalue weighted by molar-refractivity contribution is 6.36. The number of anilines is 2. The van der Waals surface area contributed by atoms with Crippen LogP contribution in [0.2, 0.25) is 10.0 Å². The predicted molar refractivity (Wildman–Crippen MR) is 116 cm³/mol. The molecule has 1 aromatic heterocycles. The Morgan fingerprint density at radius 2 is 1.62 bits per heavy atom. The third-order valence-corrected chi connectivity index (χ3v) is 6.08. The van der Waals surface area contributed by atoms with Gasteiger partial charge in [0.2, 0.25) is 0 Å². The maximum Gasteiger partial charge on any atom is 0.253 e. The SMILES string of the molecule is O=C(c1ccc(N2CCC(O)CC2)cc1)N1CCN(c2ncc(Cl)cc2Cl)CC1. The number of halogens is 2. The van der Waals surface area contributed by atoms with Crippen molar-refractivity contribution in [3.8, 4) is 0 Å². The van der Waals surface area contributed by atoms with Crippen LogP contribution < -0.4 is 9.80 Å². The largest absolute Gasteiger partial charge is 0.393 e. The van der Waals surface area contributed by atoms with Crippen LogP contribution in [0.25, 0.3) is 0 Å². The molecule has 154 valence electrons. The van der Waals surface area contributed by atoms with Gasteiger partial charge in [-0.2, -0.15) is 0 Å². The number of amides is 1. The average Bonchev–Trinajstić information content (AvgIpc) is 2.74. The number of pyridine rings is 1. The first kappa shape index (κ1) is 20.3. The molecule has 0 bridgehead atoms. The quantitative estimate of drug-likeness (QED) is 0.802. The molecule has 3 heterocycles. The fourth-order valence-corrected chi connectivity index (χ4v) is 4.38. The smallest absolute Gasteiger partial charge is 0.253 e. The van der Waals surface area contributed by atoms with E-state index in [1.54, 1.807) is 12.3 Å². The maximum atomic E-state index is 12.9. The summed E-state index contributed by atoms with van der Waals surface area (Å²) < 4.78 is 0. The highest BCUT2D eigenvalue weighted by Gasteiger charge is 2.24. The Morgan fingerprint density at radius 1 is 0.966 bits per heavy atom. The van der Waals surface area contributed by atoms with Gasteiger partial charge in [0, 0.05) is 56.7 Å². The average molecular weight is 435 g/mol. The normalized spacial score (nSPS) is 18.2. The summed E-state index contributed by atoms with van der Waals surface area (Å²) in [5.41, 5.74) is 1.80. The number of piperidine rings is 1. The van der Waals surface area contributed by atoms with E-state index in [0.29, 0.717) is 47.6 Å². The lowest BCUT2D eigenvalue weighted by Gasteiger charge is -2.36. The molecule has 1 N–H and O–H groups in total. The maximum absolute atomic E-state index is 12.9. The second-order valence-electron chi connectivity index (χ2n) is 7.50. The molecule has 0 aliphatic carbocycles. The zero-order chi connectivity index (χ0) is 20.4. The second-order valence-corrected chi connectivity index (χ2v) is 8.35. The molecule has 8 heteroatoms. The summed E-state index contributed by atoms with van der Waals surface area (Å²) in [5.74, 6) is 0.750. The van der Waals surface area contributed by atoms with E-state index in [4.69, 9.17) is 23.2 Å². The molecule has 6 nitrogen and oxygen atoms in total. The number of aliphatic hydroxyl groups is 1. The minimum atomic E-state index is -0.191. The Kier molecular flexibility index (Phi) is 6.13. The number of hydrogen-bond acceptors (Lipinski definition) is 5. The van der Waals surface area contributed by atoms with Crippen molar-refractivity contribution in [2.24, 2.45) is 0 Å². The molecule has 2 aromatic rings. The van der Waals surface area contributed by atoms with Crippen LogP contribution in [0.3, 0.4) is 0 Å². The van der Waals surface area contributed by atoms with Gasteiger partial charge in [-0.15, -0.1) is 0 Å². The summed E-state index contributed by atoms with van der Waals surface area (Å²) in [4.78, 5) is 23.4. The molecular weight excluding hydrogens is 411 g/mol. The fraction of sp³-hybridized carbons (Fsp3) is 0.429. The van der Waals surface area contributed by atoms with E-state index in [0.717, 1.165) is 31.6 Å². The Hall–Kier alpha value is -2.02. The predicted octanol–water partition coefficient (Wildman–Crippen LogP) is 3.31. The third-order valence-electron chi connectivity index (χ3n) is 5.60. The van der Waals surface area contributed by atoms with Gasteiger partial charge in [0.25, 0.3) is 5.91 Å². The Balaban J connectivity index is 1.35. The Labute approximate surface area is 180 Å². The number of hydrogen-bond donors (Lipinski definition) is 1. The van der Waals surface area contributed by atoms with Crippen molar-refractivity contribution >= 4 is 40.6 Å². The first-order valence-corrected chi connectivity index (χ1v) is 10.7. The molecule has 0 atom stereocenters. The van der Waals surface area contributed by atoms with E-state index >= 15 is 0 Å². The van der Waals surface area contributed by atoms with Crippen molar-refractivity contribution in [3.63, 3.8) is 0 Å². The first-order valence-electron chi connectivity index (χ1n) is 9.89. The molecule has 2 aliphatic rings. The van der Waals surface area contributed by atoms with E-state index in [1.807, 2.05) is 29.2 Å². The number of aromatic nitrogens is 1. The van der Waals surface area contributed by atoms with Crippen molar-refractivity contribution in [1.29, 1.82) is 0 Å². The summed E-state index contributed by atoms with van der Waals surface area (Å²) in [6, 6.07) is 9.48. The van der Waals surface area contributed by atoms with Crippen LogP contribution >= 0.6 is 23.2 Å². The van der Waals surface area contributed by atoms with Crippen LogP contribution in [-0.2, 0) is 0 Å². The molecule has 0 saturated carbocycles. The van der Waals surface area contributed by atoms with Crippen LogP contribution in [0.4, 0.5) is 11.5 Å². The topological polar surface area (TPSA) is 59.9 Å². The molecule has 2 saturated heterocycles. The van der Waals surface area contributed by atoms with Crippen molar-refractivity contribution < 1.29 is 9.90 Å². The van der Waals surface area contributed by atoms with Gasteiger partial charge >= 0.3 is 0 Å². The lowest BCUT2D eigenvalue weighted by Crippen LogP contribution is -2.49. The molecule has 29 heavy (non-hydrogen) atoms. The lowest BCUT2D eigenvalue weighted by molar-refractivity contribution is 0.0746. The minimum absolute atomic E-state index is 0.0421. The van der Waals surface area contributed by atoms with Gasteiger partial charge in [-0.1, -0.05) is 23.2 Å². The third kappa shape index (κ3) is 4.60. The molecular formula is C21H24Cl2N4O2. The fourth-order valence-electron chi connectivity index (χ4n) is 3.88. The van der Waals surface area contributed by atoms with E-state index in [2.05, 4.69) is 14.8 Å². The summed E-state index contributed by atoms with van der Waals surface area (Å²) in [7, 11) is 0. The Morgan fingerprint density at radius 3 is 2.24 bits per heavy atom. The van der Waals surface area contributed by atoms with Crippen LogP contribution in [0, 0.1) is 0 Å². The van der Waals surface area contributed by atoms with Gasteiger partial charge in [0.15, 0.2) is 0 Å². The highest BCUT2D eigenvalue weighted by Crippen LogP contribution is 2.27. The monoisotopic (exact) mass is 434 g/mol. The second kappa shape index (κ2) is 8.78. The van der Waals surface area contributed by atoms with E-state index < -0.39 is 0 Å². The van der Waals surface area contributed by atoms with Crippen LogP contribution in [0.5, 0.6) is 0 Å². The van der Waals surface area contributed by atoms with Crippen molar-refractivity contribution in [2.45, 2.75) is 18.9 Å². The summed E-state index contributed by atoms with van der Waals surface area (Å²) >= 11 is 12.2. The number of carbonyl (C=O) groups excluding carboxylic acids is 1. The number of nitrogens with zero attached hydrogens (tertiary/aromatic N) is 4. The molecule has 0 spiro atoms. The summed E-state index contributed by atoms with van der Waals surface area (Å²) in [5, 5.41) is 10.7. The van der Waals surface area contributed by atoms with E-state index in [1.165, 1.54) is 0 Å². The van der Waals surface area contributed by atoms with Crippen LogP contribution in [-0.4, -0.2) is 66.3 Å². The zero-order valence-electron chi connectivity index (χ0n) is 16.1. The van der Waals surface area contributed by atoms with Gasteiger partial charge in [-0.25, -0.2) is 4.98 Å². The molecule has 2 fully saturated rings. The number of benzene rings is 1. The molecule has 2 aliphatic heterocycles. The van der Waals surface area contributed by atoms with Gasteiger partial charge in [-0.3, -0.25) is 4.79 Å². The van der Waals surface area contributed by atoms with Gasteiger partial charge in [-0.05, 0) is 43.2 Å². The van der Waals surface area contributed by atoms with Crippen LogP contribution in [0.1, 0.15) is 23.2 Å². The van der Waals surface area contributed by atoms with Crippen molar-refractivity contribution in [2.75, 3.05) is 49.1 Å². The minimum Gasteiger partial charge on any atom is -0.393 e. The van der Waals surface area contributed by atoms with Gasteiger partial charge < -0.3 is 19.8 Å². The highest BCUT2D eigenvalue weighted by atomic mass is 35.5. The molecule has 4 rings (SSSR count). The van der Waals surface area contributed by atoms with Crippen molar-refractivity contribution in [1.82, 2.24) is 9.88 Å². The molecule has 0 radical (unpaired) electrons. The summed E-state index contributed by atoms with van der Waals surface area (Å²) in [6.07, 6.45) is 2.98. The molecule has 1 amide bonds. The van der Waals surface area contributed by atoms with Crippen molar-refractivity contribution in [3.05, 3.63) is 52.1 Å². The zero-order valence-corrected chi connectivity index (χ0v) is 17.6. The van der Waals surface area contributed by atoms with Gasteiger partial charge in [0.1, 0.15) is 5.82 Å². The van der Waals surface area contributed by atoms with E-state index in [-0.39, 0.29) is 12.0 Å². The van der Waals surface area contributed by atoms with Gasteiger partial charge in [0.05, 0.1) is 16.1 Å². The lowest BCUT2D eigenvalue weighted by atomic mass is 10.1. The molecule has 0 unspecified atom stereocenters. The number of aliphatic hydroxyl groups excluding tert-OH is 1. The molecule has 1 aromatic carbocycles. The number of carbonyl (C=O) groups is 1. The van der Waals surface area contributed by atoms with E-state index in [9.17, 15) is 9.90 Å².